The van der Waals surface area contributed by atoms with Gasteiger partial charge in [-0.05, 0) is 25.8 Å². The van der Waals surface area contributed by atoms with E-state index in [0.29, 0.717) is 5.56 Å². The molecule has 22 heavy (non-hydrogen) atoms. The lowest BCUT2D eigenvalue weighted by atomic mass is 9.90. The molecule has 0 aromatic heterocycles. The van der Waals surface area contributed by atoms with Crippen LogP contribution in [0.4, 0.5) is 0 Å². The molecule has 5 heteroatoms. The van der Waals surface area contributed by atoms with E-state index in [1.54, 1.807) is 38.1 Å². The molecule has 0 aliphatic heterocycles. The summed E-state index contributed by atoms with van der Waals surface area (Å²) in [7, 11) is 0. The van der Waals surface area contributed by atoms with Gasteiger partial charge in [-0.3, -0.25) is 4.79 Å². The zero-order valence-corrected chi connectivity index (χ0v) is 13.0. The van der Waals surface area contributed by atoms with Crippen LogP contribution in [-0.2, 0) is 19.1 Å². The molecule has 5 nitrogen and oxygen atoms in total. The Hall–Kier alpha value is -2.14. The van der Waals surface area contributed by atoms with Crippen LogP contribution >= 0.6 is 0 Å². The number of carbonyl (C=O) groups excluding carboxylic acids is 2. The van der Waals surface area contributed by atoms with Gasteiger partial charge in [0.25, 0.3) is 0 Å². The molecule has 0 spiro atoms. The lowest BCUT2D eigenvalue weighted by Crippen LogP contribution is -2.26. The topological polar surface area (TPSA) is 72.8 Å². The van der Waals surface area contributed by atoms with Crippen LogP contribution in [0.1, 0.15) is 31.9 Å². The summed E-state index contributed by atoms with van der Waals surface area (Å²) in [6.07, 6.45) is -1.10. The second kappa shape index (κ2) is 9.00. The zero-order chi connectivity index (χ0) is 16.5. The Balaban J connectivity index is 2.91. The Kier molecular flexibility index (Phi) is 7.32. The Morgan fingerprint density at radius 3 is 2.27 bits per heavy atom. The smallest absolute Gasteiger partial charge is 0.333 e. The van der Waals surface area contributed by atoms with Crippen molar-refractivity contribution in [3.05, 3.63) is 48.0 Å². The van der Waals surface area contributed by atoms with Crippen molar-refractivity contribution in [1.82, 2.24) is 0 Å². The number of rotatable bonds is 8. The Bertz CT molecular complexity index is 509. The van der Waals surface area contributed by atoms with Crippen LogP contribution in [0.25, 0.3) is 0 Å². The highest BCUT2D eigenvalue weighted by atomic mass is 16.5. The molecule has 1 aromatic carbocycles. The largest absolute Gasteiger partial charge is 0.466 e. The van der Waals surface area contributed by atoms with E-state index >= 15 is 0 Å². The SMILES string of the molecule is C=C(C[C@H](C(=O)OCC)[C@@H](O)c1ccccc1)C(=O)OCC. The number of aliphatic hydroxyl groups is 1. The molecule has 0 aliphatic rings. The molecular weight excluding hydrogens is 284 g/mol. The fraction of sp³-hybridized carbons (Fsp3) is 0.412. The molecule has 0 fully saturated rings. The van der Waals surface area contributed by atoms with E-state index in [1.807, 2.05) is 6.07 Å². The average Bonchev–Trinajstić information content (AvgIpc) is 2.53. The molecule has 120 valence electrons. The summed E-state index contributed by atoms with van der Waals surface area (Å²) in [6.45, 7) is 7.43. The monoisotopic (exact) mass is 306 g/mol. The number of benzene rings is 1. The van der Waals surface area contributed by atoms with Crippen LogP contribution in [0.3, 0.4) is 0 Å². The van der Waals surface area contributed by atoms with Gasteiger partial charge in [-0.2, -0.15) is 0 Å². The van der Waals surface area contributed by atoms with Gasteiger partial charge in [0.2, 0.25) is 0 Å². The molecule has 1 N–H and O–H groups in total. The minimum absolute atomic E-state index is 0.0201. The Morgan fingerprint density at radius 2 is 1.73 bits per heavy atom. The second-order valence-corrected chi connectivity index (χ2v) is 4.74. The third kappa shape index (κ3) is 5.00. The van der Waals surface area contributed by atoms with Gasteiger partial charge in [0.1, 0.15) is 0 Å². The van der Waals surface area contributed by atoms with Crippen LogP contribution in [0.5, 0.6) is 0 Å². The molecule has 0 unspecified atom stereocenters. The van der Waals surface area contributed by atoms with E-state index in [-0.39, 0.29) is 25.2 Å². The van der Waals surface area contributed by atoms with E-state index in [9.17, 15) is 14.7 Å². The first kappa shape index (κ1) is 17.9. The standard InChI is InChI=1S/C17H22O5/c1-4-21-16(19)12(3)11-14(17(20)22-5-2)15(18)13-9-7-6-8-10-13/h6-10,14-15,18H,3-5,11H2,1-2H3/t14-,15-/m0/s1. The minimum atomic E-state index is -1.08. The third-order valence-corrected chi connectivity index (χ3v) is 3.14. The van der Waals surface area contributed by atoms with Crippen LogP contribution in [0, 0.1) is 5.92 Å². The van der Waals surface area contributed by atoms with Crippen LogP contribution in [0.2, 0.25) is 0 Å². The quantitative estimate of drug-likeness (QED) is 0.590. The maximum absolute atomic E-state index is 12.1. The normalized spacial score (nSPS) is 13.0. The first-order valence-electron chi connectivity index (χ1n) is 7.25. The van der Waals surface area contributed by atoms with Crippen LogP contribution in [-0.4, -0.2) is 30.3 Å². The maximum atomic E-state index is 12.1. The van der Waals surface area contributed by atoms with E-state index in [2.05, 4.69) is 6.58 Å². The molecule has 0 amide bonds. The molecular formula is C17H22O5. The molecule has 2 atom stereocenters. The maximum Gasteiger partial charge on any atom is 0.333 e. The minimum Gasteiger partial charge on any atom is -0.466 e. The summed E-state index contributed by atoms with van der Waals surface area (Å²) in [5, 5.41) is 10.4. The number of ether oxygens (including phenoxy) is 2. The van der Waals surface area contributed by atoms with Crippen LogP contribution in [0.15, 0.2) is 42.5 Å². The molecule has 0 heterocycles. The van der Waals surface area contributed by atoms with E-state index in [1.165, 1.54) is 0 Å². The lowest BCUT2D eigenvalue weighted by Gasteiger charge is -2.22. The van der Waals surface area contributed by atoms with Gasteiger partial charge in [0.15, 0.2) is 0 Å². The highest BCUT2D eigenvalue weighted by Gasteiger charge is 2.31. The number of hydrogen-bond donors (Lipinski definition) is 1. The predicted molar refractivity (Wildman–Crippen MR) is 81.9 cm³/mol. The Morgan fingerprint density at radius 1 is 1.14 bits per heavy atom. The Labute approximate surface area is 130 Å². The summed E-state index contributed by atoms with van der Waals surface area (Å²) in [5.74, 6) is -2.04. The first-order valence-corrected chi connectivity index (χ1v) is 7.25. The first-order chi connectivity index (χ1) is 10.5. The predicted octanol–water partition coefficient (Wildman–Crippen LogP) is 2.41. The van der Waals surface area contributed by atoms with Crippen molar-refractivity contribution in [2.75, 3.05) is 13.2 Å². The van der Waals surface area contributed by atoms with Crippen molar-refractivity contribution >= 4 is 11.9 Å². The highest BCUT2D eigenvalue weighted by Crippen LogP contribution is 2.28. The van der Waals surface area contributed by atoms with Gasteiger partial charge in [-0.1, -0.05) is 36.9 Å². The lowest BCUT2D eigenvalue weighted by molar-refractivity contribution is -0.152. The fourth-order valence-electron chi connectivity index (χ4n) is 2.04. The van der Waals surface area contributed by atoms with Gasteiger partial charge in [0.05, 0.1) is 25.2 Å². The van der Waals surface area contributed by atoms with Gasteiger partial charge >= 0.3 is 11.9 Å². The van der Waals surface area contributed by atoms with Crippen molar-refractivity contribution in [3.8, 4) is 0 Å². The van der Waals surface area contributed by atoms with Gasteiger partial charge in [-0.15, -0.1) is 0 Å². The second-order valence-electron chi connectivity index (χ2n) is 4.74. The summed E-state index contributed by atoms with van der Waals surface area (Å²) in [4.78, 5) is 23.8. The van der Waals surface area contributed by atoms with Crippen molar-refractivity contribution in [2.45, 2.75) is 26.4 Å². The summed E-state index contributed by atoms with van der Waals surface area (Å²) >= 11 is 0. The number of carbonyl (C=O) groups is 2. The number of hydrogen-bond acceptors (Lipinski definition) is 5. The van der Waals surface area contributed by atoms with E-state index < -0.39 is 24.0 Å². The van der Waals surface area contributed by atoms with E-state index in [4.69, 9.17) is 9.47 Å². The molecule has 0 saturated heterocycles. The average molecular weight is 306 g/mol. The molecule has 1 aromatic rings. The molecule has 0 aliphatic carbocycles. The van der Waals surface area contributed by atoms with Gasteiger partial charge < -0.3 is 14.6 Å². The zero-order valence-electron chi connectivity index (χ0n) is 13.0. The highest BCUT2D eigenvalue weighted by molar-refractivity contribution is 5.89. The van der Waals surface area contributed by atoms with Crippen LogP contribution < -0.4 is 0 Å². The van der Waals surface area contributed by atoms with E-state index in [0.717, 1.165) is 0 Å². The molecule has 0 radical (unpaired) electrons. The third-order valence-electron chi connectivity index (χ3n) is 3.14. The van der Waals surface area contributed by atoms with Crippen molar-refractivity contribution in [3.63, 3.8) is 0 Å². The van der Waals surface area contributed by atoms with Crippen molar-refractivity contribution in [2.24, 2.45) is 5.92 Å². The summed E-state index contributed by atoms with van der Waals surface area (Å²) in [6, 6.07) is 8.77. The molecule has 0 saturated carbocycles. The summed E-state index contributed by atoms with van der Waals surface area (Å²) in [5.41, 5.74) is 0.715. The fourth-order valence-corrected chi connectivity index (χ4v) is 2.04. The number of aliphatic hydroxyl groups excluding tert-OH is 1. The van der Waals surface area contributed by atoms with Gasteiger partial charge in [-0.25, -0.2) is 4.79 Å². The summed E-state index contributed by atoms with van der Waals surface area (Å²) < 4.78 is 9.85. The van der Waals surface area contributed by atoms with Gasteiger partial charge in [0, 0.05) is 5.57 Å². The number of esters is 2. The molecule has 0 bridgehead atoms. The molecule has 1 rings (SSSR count). The van der Waals surface area contributed by atoms with Crippen molar-refractivity contribution in [1.29, 1.82) is 0 Å². The van der Waals surface area contributed by atoms with Crippen molar-refractivity contribution < 1.29 is 24.2 Å².